The number of benzene rings is 1. The fourth-order valence-corrected chi connectivity index (χ4v) is 2.60. The van der Waals surface area contributed by atoms with Crippen molar-refractivity contribution in [3.8, 4) is 0 Å². The van der Waals surface area contributed by atoms with Crippen LogP contribution in [0, 0.1) is 5.92 Å². The van der Waals surface area contributed by atoms with Crippen molar-refractivity contribution in [1.82, 2.24) is 5.32 Å². The first-order valence-electron chi connectivity index (χ1n) is 5.46. The highest BCUT2D eigenvalue weighted by molar-refractivity contribution is 9.10. The largest absolute Gasteiger partial charge is 0.326 e. The van der Waals surface area contributed by atoms with Crippen LogP contribution < -0.4 is 11.1 Å². The normalized spacial score (nSPS) is 26.5. The smallest absolute Gasteiger partial charge is 0.0197 e. The van der Waals surface area contributed by atoms with Crippen molar-refractivity contribution in [2.75, 3.05) is 13.1 Å². The van der Waals surface area contributed by atoms with Crippen LogP contribution in [0.2, 0.25) is 0 Å². The van der Waals surface area contributed by atoms with Gasteiger partial charge in [-0.1, -0.05) is 28.1 Å². The number of hydrogen-bond donors (Lipinski definition) is 2. The Labute approximate surface area is 99.4 Å². The predicted molar refractivity (Wildman–Crippen MR) is 66.8 cm³/mol. The van der Waals surface area contributed by atoms with Gasteiger partial charge in [-0.2, -0.15) is 0 Å². The molecule has 15 heavy (non-hydrogen) atoms. The molecule has 2 unspecified atom stereocenters. The summed E-state index contributed by atoms with van der Waals surface area (Å²) in [4.78, 5) is 0. The van der Waals surface area contributed by atoms with Gasteiger partial charge in [0, 0.05) is 17.1 Å². The molecule has 2 atom stereocenters. The van der Waals surface area contributed by atoms with E-state index in [2.05, 4.69) is 45.5 Å². The van der Waals surface area contributed by atoms with E-state index in [1.165, 1.54) is 12.0 Å². The molecular formula is C12H17BrN2. The van der Waals surface area contributed by atoms with Gasteiger partial charge in [0.05, 0.1) is 0 Å². The topological polar surface area (TPSA) is 38.0 Å². The predicted octanol–water partition coefficient (Wildman–Crippen LogP) is 1.93. The van der Waals surface area contributed by atoms with Crippen LogP contribution in [0.4, 0.5) is 0 Å². The third kappa shape index (κ3) is 3.03. The van der Waals surface area contributed by atoms with Gasteiger partial charge in [0.15, 0.2) is 0 Å². The SMILES string of the molecule is NC1CNCCC1Cc1cccc(Br)c1. The van der Waals surface area contributed by atoms with Crippen LogP contribution in [0.5, 0.6) is 0 Å². The Morgan fingerprint density at radius 1 is 1.47 bits per heavy atom. The van der Waals surface area contributed by atoms with E-state index >= 15 is 0 Å². The van der Waals surface area contributed by atoms with E-state index < -0.39 is 0 Å². The highest BCUT2D eigenvalue weighted by Gasteiger charge is 2.21. The lowest BCUT2D eigenvalue weighted by Gasteiger charge is -2.29. The first kappa shape index (κ1) is 11.1. The molecule has 1 fully saturated rings. The van der Waals surface area contributed by atoms with Crippen LogP contribution in [0.3, 0.4) is 0 Å². The van der Waals surface area contributed by atoms with Gasteiger partial charge in [-0.15, -0.1) is 0 Å². The summed E-state index contributed by atoms with van der Waals surface area (Å²) in [7, 11) is 0. The Balaban J connectivity index is 2.01. The monoisotopic (exact) mass is 268 g/mol. The zero-order valence-electron chi connectivity index (χ0n) is 8.75. The van der Waals surface area contributed by atoms with Gasteiger partial charge in [0.1, 0.15) is 0 Å². The lowest BCUT2D eigenvalue weighted by atomic mass is 9.87. The van der Waals surface area contributed by atoms with Gasteiger partial charge in [-0.25, -0.2) is 0 Å². The maximum atomic E-state index is 6.09. The number of halogens is 1. The van der Waals surface area contributed by atoms with Crippen molar-refractivity contribution >= 4 is 15.9 Å². The van der Waals surface area contributed by atoms with E-state index in [0.29, 0.717) is 12.0 Å². The Morgan fingerprint density at radius 2 is 2.33 bits per heavy atom. The van der Waals surface area contributed by atoms with Crippen molar-refractivity contribution in [2.24, 2.45) is 11.7 Å². The zero-order valence-corrected chi connectivity index (χ0v) is 10.3. The van der Waals surface area contributed by atoms with Crippen LogP contribution in [-0.2, 0) is 6.42 Å². The summed E-state index contributed by atoms with van der Waals surface area (Å²) in [5.41, 5.74) is 7.47. The molecule has 1 aliphatic rings. The van der Waals surface area contributed by atoms with E-state index in [1.807, 2.05) is 0 Å². The molecule has 1 aromatic rings. The van der Waals surface area contributed by atoms with E-state index in [9.17, 15) is 0 Å². The van der Waals surface area contributed by atoms with Crippen molar-refractivity contribution in [3.63, 3.8) is 0 Å². The fraction of sp³-hybridized carbons (Fsp3) is 0.500. The molecule has 82 valence electrons. The molecule has 0 aliphatic carbocycles. The molecule has 1 aromatic carbocycles. The Kier molecular flexibility index (Phi) is 3.78. The molecule has 2 rings (SSSR count). The van der Waals surface area contributed by atoms with E-state index in [1.54, 1.807) is 0 Å². The first-order chi connectivity index (χ1) is 7.25. The van der Waals surface area contributed by atoms with Gasteiger partial charge < -0.3 is 11.1 Å². The average molecular weight is 269 g/mol. The number of piperidine rings is 1. The summed E-state index contributed by atoms with van der Waals surface area (Å²) in [6, 6.07) is 8.82. The zero-order chi connectivity index (χ0) is 10.7. The number of nitrogens with one attached hydrogen (secondary N) is 1. The van der Waals surface area contributed by atoms with Crippen LogP contribution >= 0.6 is 15.9 Å². The summed E-state index contributed by atoms with van der Waals surface area (Å²) >= 11 is 3.50. The quantitative estimate of drug-likeness (QED) is 0.861. The third-order valence-corrected chi connectivity index (χ3v) is 3.56. The fourth-order valence-electron chi connectivity index (χ4n) is 2.16. The lowest BCUT2D eigenvalue weighted by Crippen LogP contribution is -2.46. The number of rotatable bonds is 2. The maximum absolute atomic E-state index is 6.09. The summed E-state index contributed by atoms with van der Waals surface area (Å²) in [5.74, 6) is 0.626. The molecule has 0 radical (unpaired) electrons. The molecule has 3 N–H and O–H groups in total. The number of nitrogens with two attached hydrogens (primary N) is 1. The molecule has 0 amide bonds. The molecule has 2 nitrogen and oxygen atoms in total. The minimum Gasteiger partial charge on any atom is -0.326 e. The van der Waals surface area contributed by atoms with E-state index in [4.69, 9.17) is 5.73 Å². The van der Waals surface area contributed by atoms with Crippen molar-refractivity contribution < 1.29 is 0 Å². The molecule has 1 aliphatic heterocycles. The van der Waals surface area contributed by atoms with Crippen LogP contribution in [-0.4, -0.2) is 19.1 Å². The molecule has 1 heterocycles. The summed E-state index contributed by atoms with van der Waals surface area (Å²) < 4.78 is 1.16. The second-order valence-corrected chi connectivity index (χ2v) is 5.17. The molecule has 1 saturated heterocycles. The molecule has 0 bridgehead atoms. The van der Waals surface area contributed by atoms with Crippen molar-refractivity contribution in [1.29, 1.82) is 0 Å². The lowest BCUT2D eigenvalue weighted by molar-refractivity contribution is 0.322. The summed E-state index contributed by atoms with van der Waals surface area (Å²) in [6.07, 6.45) is 2.29. The second-order valence-electron chi connectivity index (χ2n) is 4.25. The molecule has 0 aromatic heterocycles. The van der Waals surface area contributed by atoms with Gasteiger partial charge in [-0.3, -0.25) is 0 Å². The van der Waals surface area contributed by atoms with E-state index in [-0.39, 0.29) is 0 Å². The second kappa shape index (κ2) is 5.10. The summed E-state index contributed by atoms with van der Waals surface area (Å²) in [6.45, 7) is 2.06. The van der Waals surface area contributed by atoms with E-state index in [0.717, 1.165) is 24.0 Å². The Bertz CT molecular complexity index is 327. The third-order valence-electron chi connectivity index (χ3n) is 3.06. The Morgan fingerprint density at radius 3 is 3.07 bits per heavy atom. The highest BCUT2D eigenvalue weighted by Crippen LogP contribution is 2.19. The van der Waals surface area contributed by atoms with Crippen LogP contribution in [0.25, 0.3) is 0 Å². The molecule has 0 saturated carbocycles. The maximum Gasteiger partial charge on any atom is 0.0197 e. The average Bonchev–Trinajstić information content (AvgIpc) is 2.22. The minimum atomic E-state index is 0.303. The highest BCUT2D eigenvalue weighted by atomic mass is 79.9. The van der Waals surface area contributed by atoms with Gasteiger partial charge in [0.2, 0.25) is 0 Å². The van der Waals surface area contributed by atoms with Gasteiger partial charge >= 0.3 is 0 Å². The first-order valence-corrected chi connectivity index (χ1v) is 6.26. The van der Waals surface area contributed by atoms with Crippen molar-refractivity contribution in [2.45, 2.75) is 18.9 Å². The minimum absolute atomic E-state index is 0.303. The molecule has 3 heteroatoms. The van der Waals surface area contributed by atoms with Gasteiger partial charge in [-0.05, 0) is 43.0 Å². The Hall–Kier alpha value is -0.380. The number of hydrogen-bond acceptors (Lipinski definition) is 2. The van der Waals surface area contributed by atoms with Crippen LogP contribution in [0.1, 0.15) is 12.0 Å². The summed E-state index contributed by atoms with van der Waals surface area (Å²) in [5, 5.41) is 3.33. The van der Waals surface area contributed by atoms with Gasteiger partial charge in [0.25, 0.3) is 0 Å². The van der Waals surface area contributed by atoms with Crippen LogP contribution in [0.15, 0.2) is 28.7 Å². The molecular weight excluding hydrogens is 252 g/mol. The standard InChI is InChI=1S/C12H17BrN2/c13-11-3-1-2-9(7-11)6-10-4-5-15-8-12(10)14/h1-3,7,10,12,15H,4-6,8,14H2. The molecule has 0 spiro atoms. The van der Waals surface area contributed by atoms with Crippen molar-refractivity contribution in [3.05, 3.63) is 34.3 Å².